The second-order valence-corrected chi connectivity index (χ2v) is 7.68. The van der Waals surface area contributed by atoms with Gasteiger partial charge in [-0.1, -0.05) is 49.4 Å². The number of alkyl halides is 2. The van der Waals surface area contributed by atoms with E-state index in [1.165, 1.54) is 13.0 Å². The molecule has 3 amide bonds. The van der Waals surface area contributed by atoms with Crippen LogP contribution < -0.4 is 5.32 Å². The number of hydrogen-bond acceptors (Lipinski definition) is 5. The van der Waals surface area contributed by atoms with Crippen LogP contribution in [0.25, 0.3) is 11.0 Å². The van der Waals surface area contributed by atoms with Crippen molar-refractivity contribution in [1.29, 1.82) is 0 Å². The molecule has 172 valence electrons. The molecule has 2 atom stereocenters. The molecule has 0 bridgehead atoms. The highest BCUT2D eigenvalue weighted by Gasteiger charge is 2.51. The minimum Gasteiger partial charge on any atom is -0.453 e. The van der Waals surface area contributed by atoms with Gasteiger partial charge in [0.15, 0.2) is 11.9 Å². The number of benzene rings is 2. The number of hydrogen-bond donors (Lipinski definition) is 1. The number of imidazole rings is 1. The molecule has 0 saturated carbocycles. The number of para-hydroxylation sites is 2. The highest BCUT2D eigenvalue weighted by atomic mass is 19.3. The van der Waals surface area contributed by atoms with Crippen molar-refractivity contribution in [1.82, 2.24) is 19.8 Å². The van der Waals surface area contributed by atoms with Crippen molar-refractivity contribution >= 4 is 28.9 Å². The van der Waals surface area contributed by atoms with Crippen LogP contribution in [0, 0.1) is 0 Å². The Balaban J connectivity index is 1.53. The molecule has 33 heavy (non-hydrogen) atoms. The van der Waals surface area contributed by atoms with Crippen molar-refractivity contribution in [2.24, 2.45) is 0 Å². The van der Waals surface area contributed by atoms with Gasteiger partial charge in [-0.15, -0.1) is 0 Å². The number of nitrogens with one attached hydrogen (secondary N) is 1. The standard InChI is InChI=1S/C23H22F2N4O4/c1-3-23(15-9-5-4-6-10-15)20(31)28(22(32)27-23)13-18(30)33-14(2)19-26-16-11-7-8-12-17(16)29(19)21(24)25/h4-12,14,21H,3,13H2,1-2H3,(H,27,32). The molecule has 2 heterocycles. The zero-order valence-electron chi connectivity index (χ0n) is 18.0. The van der Waals surface area contributed by atoms with Gasteiger partial charge in [0, 0.05) is 0 Å². The van der Waals surface area contributed by atoms with E-state index in [0.717, 1.165) is 4.90 Å². The van der Waals surface area contributed by atoms with Crippen LogP contribution in [0.5, 0.6) is 0 Å². The zero-order valence-corrected chi connectivity index (χ0v) is 18.0. The maximum atomic E-state index is 13.7. The summed E-state index contributed by atoms with van der Waals surface area (Å²) >= 11 is 0. The average molecular weight is 456 g/mol. The number of urea groups is 1. The normalized spacial score (nSPS) is 19.2. The fourth-order valence-corrected chi connectivity index (χ4v) is 4.10. The van der Waals surface area contributed by atoms with Crippen molar-refractivity contribution in [3.05, 3.63) is 66.0 Å². The van der Waals surface area contributed by atoms with Gasteiger partial charge in [0.1, 0.15) is 12.1 Å². The number of halogens is 2. The molecule has 0 aliphatic carbocycles. The van der Waals surface area contributed by atoms with E-state index in [1.807, 2.05) is 0 Å². The predicted octanol–water partition coefficient (Wildman–Crippen LogP) is 3.89. The Hall–Kier alpha value is -3.82. The molecule has 1 fully saturated rings. The first-order valence-corrected chi connectivity index (χ1v) is 10.4. The van der Waals surface area contributed by atoms with Gasteiger partial charge in [0.2, 0.25) is 0 Å². The predicted molar refractivity (Wildman–Crippen MR) is 114 cm³/mol. The van der Waals surface area contributed by atoms with Crippen LogP contribution in [0.1, 0.15) is 44.3 Å². The van der Waals surface area contributed by atoms with E-state index < -0.39 is 42.6 Å². The molecule has 1 aliphatic rings. The minimum atomic E-state index is -2.89. The molecule has 2 aromatic carbocycles. The van der Waals surface area contributed by atoms with E-state index in [9.17, 15) is 23.2 Å². The molecule has 1 N–H and O–H groups in total. The lowest BCUT2D eigenvalue weighted by molar-refractivity contribution is -0.152. The summed E-state index contributed by atoms with van der Waals surface area (Å²) in [5.74, 6) is -1.63. The van der Waals surface area contributed by atoms with Crippen LogP contribution in [-0.2, 0) is 19.9 Å². The summed E-state index contributed by atoms with van der Waals surface area (Å²) in [6.45, 7) is -0.386. The Kier molecular flexibility index (Phi) is 5.84. The molecule has 1 aliphatic heterocycles. The summed E-state index contributed by atoms with van der Waals surface area (Å²) < 4.78 is 33.3. The summed E-state index contributed by atoms with van der Waals surface area (Å²) in [4.78, 5) is 43.2. The number of imide groups is 1. The second-order valence-electron chi connectivity index (χ2n) is 7.68. The van der Waals surface area contributed by atoms with Gasteiger partial charge in [0.25, 0.3) is 5.91 Å². The molecule has 2 unspecified atom stereocenters. The first-order valence-electron chi connectivity index (χ1n) is 10.4. The SMILES string of the molecule is CCC1(c2ccccc2)NC(=O)N(CC(=O)OC(C)c2nc3ccccc3n2C(F)F)C1=O. The third kappa shape index (κ3) is 3.81. The fraction of sp³-hybridized carbons (Fsp3) is 0.304. The largest absolute Gasteiger partial charge is 0.453 e. The summed E-state index contributed by atoms with van der Waals surface area (Å²) in [7, 11) is 0. The van der Waals surface area contributed by atoms with E-state index in [0.29, 0.717) is 15.6 Å². The molecular weight excluding hydrogens is 434 g/mol. The number of aromatic nitrogens is 2. The van der Waals surface area contributed by atoms with Crippen LogP contribution >= 0.6 is 0 Å². The lowest BCUT2D eigenvalue weighted by atomic mass is 9.87. The van der Waals surface area contributed by atoms with E-state index in [1.54, 1.807) is 55.5 Å². The number of amides is 3. The van der Waals surface area contributed by atoms with E-state index in [4.69, 9.17) is 4.74 Å². The summed E-state index contributed by atoms with van der Waals surface area (Å²) in [5, 5.41) is 2.68. The molecule has 3 aromatic rings. The third-order valence-electron chi connectivity index (χ3n) is 5.75. The van der Waals surface area contributed by atoms with Crippen LogP contribution in [0.4, 0.5) is 13.6 Å². The Morgan fingerprint density at radius 2 is 1.79 bits per heavy atom. The Morgan fingerprint density at radius 3 is 2.45 bits per heavy atom. The van der Waals surface area contributed by atoms with Crippen molar-refractivity contribution < 1.29 is 27.9 Å². The van der Waals surface area contributed by atoms with Gasteiger partial charge in [-0.25, -0.2) is 9.78 Å². The minimum absolute atomic E-state index is 0.135. The fourth-order valence-electron chi connectivity index (χ4n) is 4.10. The summed E-state index contributed by atoms with van der Waals surface area (Å²) in [5.41, 5.74) is -0.148. The topological polar surface area (TPSA) is 93.5 Å². The lowest BCUT2D eigenvalue weighted by Gasteiger charge is -2.25. The molecule has 8 nitrogen and oxygen atoms in total. The maximum Gasteiger partial charge on any atom is 0.326 e. The zero-order chi connectivity index (χ0) is 23.8. The maximum absolute atomic E-state index is 13.7. The van der Waals surface area contributed by atoms with Gasteiger partial charge in [-0.3, -0.25) is 19.1 Å². The molecule has 1 saturated heterocycles. The monoisotopic (exact) mass is 456 g/mol. The van der Waals surface area contributed by atoms with Crippen LogP contribution in [0.3, 0.4) is 0 Å². The number of carbonyl (C=O) groups is 3. The van der Waals surface area contributed by atoms with Gasteiger partial charge >= 0.3 is 18.5 Å². The number of fused-ring (bicyclic) bond motifs is 1. The van der Waals surface area contributed by atoms with Crippen molar-refractivity contribution in [2.45, 2.75) is 38.5 Å². The van der Waals surface area contributed by atoms with E-state index in [2.05, 4.69) is 10.3 Å². The van der Waals surface area contributed by atoms with Gasteiger partial charge < -0.3 is 10.1 Å². The van der Waals surface area contributed by atoms with Crippen molar-refractivity contribution in [3.8, 4) is 0 Å². The van der Waals surface area contributed by atoms with Crippen molar-refractivity contribution in [3.63, 3.8) is 0 Å². The summed E-state index contributed by atoms with van der Waals surface area (Å²) in [6, 6.07) is 14.3. The molecule has 10 heteroatoms. The number of ether oxygens (including phenoxy) is 1. The van der Waals surface area contributed by atoms with E-state index in [-0.39, 0.29) is 17.8 Å². The molecule has 0 radical (unpaired) electrons. The Morgan fingerprint density at radius 1 is 1.12 bits per heavy atom. The number of carbonyl (C=O) groups excluding carboxylic acids is 3. The molecular formula is C23H22F2N4O4. The molecule has 0 spiro atoms. The average Bonchev–Trinajstić information content (AvgIpc) is 3.31. The highest BCUT2D eigenvalue weighted by molar-refractivity contribution is 6.09. The Labute approximate surface area is 188 Å². The molecule has 4 rings (SSSR count). The first-order chi connectivity index (χ1) is 15.8. The van der Waals surface area contributed by atoms with Crippen molar-refractivity contribution in [2.75, 3.05) is 6.54 Å². The lowest BCUT2D eigenvalue weighted by Crippen LogP contribution is -2.44. The highest BCUT2D eigenvalue weighted by Crippen LogP contribution is 2.33. The number of esters is 1. The first kappa shape index (κ1) is 22.4. The third-order valence-corrected chi connectivity index (χ3v) is 5.75. The number of nitrogens with zero attached hydrogens (tertiary/aromatic N) is 3. The van der Waals surface area contributed by atoms with Crippen LogP contribution in [0.2, 0.25) is 0 Å². The van der Waals surface area contributed by atoms with E-state index >= 15 is 0 Å². The number of rotatable bonds is 7. The molecule has 1 aromatic heterocycles. The van der Waals surface area contributed by atoms with Crippen LogP contribution in [0.15, 0.2) is 54.6 Å². The smallest absolute Gasteiger partial charge is 0.326 e. The summed E-state index contributed by atoms with van der Waals surface area (Å²) in [6.07, 6.45) is -0.855. The van der Waals surface area contributed by atoms with Crippen LogP contribution in [-0.4, -0.2) is 38.9 Å². The Bertz CT molecular complexity index is 1210. The van der Waals surface area contributed by atoms with Gasteiger partial charge in [-0.2, -0.15) is 8.78 Å². The second kappa shape index (κ2) is 8.61. The van der Waals surface area contributed by atoms with Gasteiger partial charge in [-0.05, 0) is 31.0 Å². The quantitative estimate of drug-likeness (QED) is 0.430. The van der Waals surface area contributed by atoms with Gasteiger partial charge in [0.05, 0.1) is 11.0 Å².